The van der Waals surface area contributed by atoms with Crippen LogP contribution in [0.2, 0.25) is 5.02 Å². The van der Waals surface area contributed by atoms with Gasteiger partial charge in [0.1, 0.15) is 6.07 Å². The molecule has 0 bridgehead atoms. The largest absolute Gasteiger partial charge is 0.327 e. The molecular weight excluding hydrogens is 335 g/mol. The summed E-state index contributed by atoms with van der Waals surface area (Å²) in [5.74, 6) is 0. The third-order valence-electron chi connectivity index (χ3n) is 1.49. The van der Waals surface area contributed by atoms with E-state index in [1.807, 2.05) is 6.07 Å². The average Bonchev–Trinajstić information content (AvgIpc) is 2.15. The molecule has 14 heavy (non-hydrogen) atoms. The molecule has 0 fully saturated rings. The number of nitrogens with zero attached hydrogens (tertiary/aromatic N) is 1. The average molecular weight is 338 g/mol. The van der Waals surface area contributed by atoms with E-state index in [2.05, 4.69) is 37.2 Å². The summed E-state index contributed by atoms with van der Waals surface area (Å²) in [6.45, 7) is 0. The van der Waals surface area contributed by atoms with E-state index in [1.54, 1.807) is 6.07 Å². The molecule has 0 spiro atoms. The first-order valence-electron chi connectivity index (χ1n) is 3.39. The Hall–Kier alpha value is -0.570. The lowest BCUT2D eigenvalue weighted by atomic mass is 10.2. The van der Waals surface area contributed by atoms with Crippen molar-refractivity contribution in [2.24, 2.45) is 0 Å². The molecule has 0 saturated carbocycles. The highest BCUT2D eigenvalue weighted by molar-refractivity contribution is 9.11. The van der Waals surface area contributed by atoms with Gasteiger partial charge < -0.3 is 5.32 Å². The summed E-state index contributed by atoms with van der Waals surface area (Å²) >= 11 is 12.3. The third kappa shape index (κ3) is 2.08. The number of nitrogens with one attached hydrogen (secondary N) is 1. The fraction of sp³-hybridized carbons (Fsp3) is 0. The molecule has 0 aliphatic rings. The summed E-state index contributed by atoms with van der Waals surface area (Å²) in [6, 6.07) is 3.58. The van der Waals surface area contributed by atoms with E-state index < -0.39 is 0 Å². The molecule has 0 aromatic heterocycles. The molecule has 0 saturated heterocycles. The molecule has 0 aliphatic heterocycles. The quantitative estimate of drug-likeness (QED) is 0.664. The van der Waals surface area contributed by atoms with Crippen LogP contribution in [-0.2, 0) is 4.79 Å². The maximum atomic E-state index is 10.3. The number of anilines is 1. The number of amides is 1. The van der Waals surface area contributed by atoms with Crippen LogP contribution in [-0.4, -0.2) is 6.41 Å². The minimum Gasteiger partial charge on any atom is -0.327 e. The van der Waals surface area contributed by atoms with Gasteiger partial charge in [-0.3, -0.25) is 4.79 Å². The fourth-order valence-electron chi connectivity index (χ4n) is 0.900. The molecule has 3 nitrogen and oxygen atoms in total. The summed E-state index contributed by atoms with van der Waals surface area (Å²) in [4.78, 5) is 10.3. The molecule has 0 heterocycles. The maximum absolute atomic E-state index is 10.3. The molecule has 0 radical (unpaired) electrons. The number of benzene rings is 1. The standard InChI is InChI=1S/C8H3Br2ClN2O/c9-5-1-6(10)8(13-3-14)4(2-12)7(5)11/h1,3H,(H,13,14). The lowest BCUT2D eigenvalue weighted by Crippen LogP contribution is -1.99. The van der Waals surface area contributed by atoms with Crippen LogP contribution in [0.5, 0.6) is 0 Å². The number of rotatable bonds is 2. The second-order valence-electron chi connectivity index (χ2n) is 2.28. The van der Waals surface area contributed by atoms with Gasteiger partial charge in [-0.05, 0) is 37.9 Å². The Bertz CT molecular complexity index is 428. The molecule has 0 unspecified atom stereocenters. The van der Waals surface area contributed by atoms with Crippen LogP contribution >= 0.6 is 43.5 Å². The first-order chi connectivity index (χ1) is 6.61. The molecule has 0 aliphatic carbocycles. The highest BCUT2D eigenvalue weighted by atomic mass is 79.9. The summed E-state index contributed by atoms with van der Waals surface area (Å²) < 4.78 is 1.19. The van der Waals surface area contributed by atoms with Crippen LogP contribution in [0.15, 0.2) is 15.0 Å². The highest BCUT2D eigenvalue weighted by Crippen LogP contribution is 2.36. The van der Waals surface area contributed by atoms with Crippen LogP contribution in [0, 0.1) is 11.3 Å². The van der Waals surface area contributed by atoms with Gasteiger partial charge in [-0.2, -0.15) is 5.26 Å². The summed E-state index contributed by atoms with van der Waals surface area (Å²) in [5, 5.41) is 11.5. The van der Waals surface area contributed by atoms with Crippen LogP contribution in [0.3, 0.4) is 0 Å². The van der Waals surface area contributed by atoms with Crippen LogP contribution in [0.1, 0.15) is 5.56 Å². The van der Waals surface area contributed by atoms with Crippen LogP contribution in [0.4, 0.5) is 5.69 Å². The Morgan fingerprint density at radius 2 is 2.14 bits per heavy atom. The van der Waals surface area contributed by atoms with Gasteiger partial charge >= 0.3 is 0 Å². The number of carbonyl (C=O) groups excluding carboxylic acids is 1. The first-order valence-corrected chi connectivity index (χ1v) is 5.36. The fourth-order valence-corrected chi connectivity index (χ4v) is 2.37. The highest BCUT2D eigenvalue weighted by Gasteiger charge is 2.13. The molecule has 1 N–H and O–H groups in total. The molecule has 6 heteroatoms. The summed E-state index contributed by atoms with van der Waals surface area (Å²) in [5.41, 5.74) is 0.593. The van der Waals surface area contributed by atoms with Crippen molar-refractivity contribution in [2.45, 2.75) is 0 Å². The topological polar surface area (TPSA) is 52.9 Å². The SMILES string of the molecule is N#Cc1c(Cl)c(Br)cc(Br)c1NC=O. The van der Waals surface area contributed by atoms with E-state index in [4.69, 9.17) is 16.9 Å². The van der Waals surface area contributed by atoms with E-state index in [-0.39, 0.29) is 10.6 Å². The molecule has 1 aromatic carbocycles. The Balaban J connectivity index is 3.48. The first kappa shape index (κ1) is 11.5. The molecule has 1 amide bonds. The van der Waals surface area contributed by atoms with Crippen molar-refractivity contribution in [1.29, 1.82) is 5.26 Å². The molecule has 1 aromatic rings. The number of hydrogen-bond donors (Lipinski definition) is 1. The lowest BCUT2D eigenvalue weighted by molar-refractivity contribution is -0.105. The van der Waals surface area contributed by atoms with Gasteiger partial charge in [0, 0.05) is 8.95 Å². The van der Waals surface area contributed by atoms with Gasteiger partial charge in [-0.25, -0.2) is 0 Å². The van der Waals surface area contributed by atoms with Gasteiger partial charge in [-0.1, -0.05) is 11.6 Å². The van der Waals surface area contributed by atoms with Gasteiger partial charge in [0.2, 0.25) is 6.41 Å². The molecule has 72 valence electrons. The second-order valence-corrected chi connectivity index (χ2v) is 4.36. The zero-order valence-corrected chi connectivity index (χ0v) is 10.6. The van der Waals surface area contributed by atoms with E-state index in [9.17, 15) is 4.79 Å². The van der Waals surface area contributed by atoms with E-state index in [0.29, 0.717) is 21.0 Å². The minimum absolute atomic E-state index is 0.222. The van der Waals surface area contributed by atoms with E-state index in [1.165, 1.54) is 0 Å². The Labute approximate surface area is 102 Å². The molecule has 0 atom stereocenters. The van der Waals surface area contributed by atoms with Crippen LogP contribution < -0.4 is 5.32 Å². The summed E-state index contributed by atoms with van der Waals surface area (Å²) in [6.07, 6.45) is 0.491. The van der Waals surface area contributed by atoms with Crippen molar-refractivity contribution in [3.05, 3.63) is 25.6 Å². The second kappa shape index (κ2) is 4.78. The van der Waals surface area contributed by atoms with Gasteiger partial charge in [0.25, 0.3) is 0 Å². The zero-order valence-electron chi connectivity index (χ0n) is 6.64. The predicted octanol–water partition coefficient (Wildman–Crippen LogP) is 3.30. The van der Waals surface area contributed by atoms with E-state index in [0.717, 1.165) is 0 Å². The van der Waals surface area contributed by atoms with Crippen molar-refractivity contribution >= 4 is 55.6 Å². The van der Waals surface area contributed by atoms with E-state index >= 15 is 0 Å². The van der Waals surface area contributed by atoms with Crippen molar-refractivity contribution in [1.82, 2.24) is 0 Å². The van der Waals surface area contributed by atoms with Crippen molar-refractivity contribution in [2.75, 3.05) is 5.32 Å². The Morgan fingerprint density at radius 1 is 1.50 bits per heavy atom. The molecular formula is C8H3Br2ClN2O. The third-order valence-corrected chi connectivity index (χ3v) is 3.36. The number of halogens is 3. The molecule has 1 rings (SSSR count). The zero-order chi connectivity index (χ0) is 10.7. The summed E-state index contributed by atoms with van der Waals surface area (Å²) in [7, 11) is 0. The Morgan fingerprint density at radius 3 is 2.64 bits per heavy atom. The number of hydrogen-bond acceptors (Lipinski definition) is 2. The smallest absolute Gasteiger partial charge is 0.211 e. The number of carbonyl (C=O) groups is 1. The van der Waals surface area contributed by atoms with Crippen LogP contribution in [0.25, 0.3) is 0 Å². The van der Waals surface area contributed by atoms with Crippen molar-refractivity contribution in [3.8, 4) is 6.07 Å². The predicted molar refractivity (Wildman–Crippen MR) is 61.3 cm³/mol. The monoisotopic (exact) mass is 336 g/mol. The van der Waals surface area contributed by atoms with Gasteiger partial charge in [-0.15, -0.1) is 0 Å². The maximum Gasteiger partial charge on any atom is 0.211 e. The van der Waals surface area contributed by atoms with Crippen molar-refractivity contribution < 1.29 is 4.79 Å². The lowest BCUT2D eigenvalue weighted by Gasteiger charge is -2.08. The number of nitriles is 1. The van der Waals surface area contributed by atoms with Gasteiger partial charge in [0.15, 0.2) is 0 Å². The van der Waals surface area contributed by atoms with Crippen molar-refractivity contribution in [3.63, 3.8) is 0 Å². The van der Waals surface area contributed by atoms with Gasteiger partial charge in [0.05, 0.1) is 16.3 Å². The minimum atomic E-state index is 0.222. The normalized spacial score (nSPS) is 9.29. The Kier molecular flexibility index (Phi) is 3.93.